The molecule has 22 heavy (non-hydrogen) atoms. The Morgan fingerprint density at radius 1 is 1.27 bits per heavy atom. The average Bonchev–Trinajstić information content (AvgIpc) is 2.47. The fourth-order valence-electron chi connectivity index (χ4n) is 2.72. The molecule has 0 spiro atoms. The van der Waals surface area contributed by atoms with Gasteiger partial charge in [-0.05, 0) is 50.3 Å². The molecule has 2 amide bonds. The van der Waals surface area contributed by atoms with Crippen LogP contribution in [0, 0.1) is 0 Å². The summed E-state index contributed by atoms with van der Waals surface area (Å²) < 4.78 is 22.8. The molecule has 5 nitrogen and oxygen atoms in total. The van der Waals surface area contributed by atoms with Gasteiger partial charge in [0, 0.05) is 25.4 Å². The van der Waals surface area contributed by atoms with Gasteiger partial charge in [0.05, 0.1) is 4.90 Å². The summed E-state index contributed by atoms with van der Waals surface area (Å²) in [5.74, 6) is 0. The van der Waals surface area contributed by atoms with Gasteiger partial charge in [0.15, 0.2) is 9.84 Å². The highest BCUT2D eigenvalue weighted by molar-refractivity contribution is 7.90. The van der Waals surface area contributed by atoms with Crippen LogP contribution in [0.4, 0.5) is 4.79 Å². The highest BCUT2D eigenvalue weighted by Gasteiger charge is 2.22. The summed E-state index contributed by atoms with van der Waals surface area (Å²) in [6.07, 6.45) is 5.22. The number of benzene rings is 1. The van der Waals surface area contributed by atoms with Crippen LogP contribution >= 0.6 is 0 Å². The Morgan fingerprint density at radius 2 is 1.95 bits per heavy atom. The summed E-state index contributed by atoms with van der Waals surface area (Å²) in [6.45, 7) is 3.47. The molecular weight excluding hydrogens is 300 g/mol. The number of carbonyl (C=O) groups is 1. The molecular formula is C16H24N2O3S. The van der Waals surface area contributed by atoms with E-state index in [9.17, 15) is 13.2 Å². The van der Waals surface area contributed by atoms with Crippen LogP contribution in [0.25, 0.3) is 0 Å². The third-order valence-electron chi connectivity index (χ3n) is 4.11. The number of nitrogens with one attached hydrogen (secondary N) is 1. The van der Waals surface area contributed by atoms with Gasteiger partial charge >= 0.3 is 6.03 Å². The molecule has 0 aromatic heterocycles. The zero-order valence-electron chi connectivity index (χ0n) is 13.2. The van der Waals surface area contributed by atoms with Crippen molar-refractivity contribution in [1.82, 2.24) is 10.2 Å². The normalized spacial score (nSPS) is 19.0. The minimum absolute atomic E-state index is 0.0000406. The van der Waals surface area contributed by atoms with Crippen molar-refractivity contribution in [1.29, 1.82) is 0 Å². The molecule has 1 atom stereocenters. The number of hydrogen-bond acceptors (Lipinski definition) is 3. The van der Waals surface area contributed by atoms with Crippen LogP contribution in [-0.4, -0.2) is 44.7 Å². The van der Waals surface area contributed by atoms with Gasteiger partial charge in [0.2, 0.25) is 0 Å². The standard InChI is InChI=1S/C16H24N2O3S/c1-13-5-3-4-12-18(13)16(19)17-11-10-14-6-8-15(9-7-14)22(2,20)21/h6-9,13H,3-5,10-12H2,1-2H3,(H,17,19). The fourth-order valence-corrected chi connectivity index (χ4v) is 3.35. The maximum absolute atomic E-state index is 12.1. The van der Waals surface area contributed by atoms with Gasteiger partial charge in [-0.25, -0.2) is 13.2 Å². The first-order chi connectivity index (χ1) is 10.4. The van der Waals surface area contributed by atoms with E-state index in [-0.39, 0.29) is 6.03 Å². The number of hydrogen-bond donors (Lipinski definition) is 1. The molecule has 1 saturated heterocycles. The van der Waals surface area contributed by atoms with Crippen LogP contribution in [0.1, 0.15) is 31.7 Å². The van der Waals surface area contributed by atoms with E-state index in [2.05, 4.69) is 12.2 Å². The predicted molar refractivity (Wildman–Crippen MR) is 86.7 cm³/mol. The van der Waals surface area contributed by atoms with Gasteiger partial charge in [-0.15, -0.1) is 0 Å². The second kappa shape index (κ2) is 7.13. The number of carbonyl (C=O) groups excluding carboxylic acids is 1. The number of sulfone groups is 1. The van der Waals surface area contributed by atoms with Crippen molar-refractivity contribution >= 4 is 15.9 Å². The Kier molecular flexibility index (Phi) is 5.45. The number of piperidine rings is 1. The molecule has 1 heterocycles. The second-order valence-corrected chi connectivity index (χ2v) is 7.95. The lowest BCUT2D eigenvalue weighted by molar-refractivity contribution is 0.158. The number of urea groups is 1. The van der Waals surface area contributed by atoms with Crippen molar-refractivity contribution in [3.05, 3.63) is 29.8 Å². The molecule has 1 aliphatic heterocycles. The quantitative estimate of drug-likeness (QED) is 0.923. The zero-order chi connectivity index (χ0) is 16.2. The predicted octanol–water partition coefficient (Wildman–Crippen LogP) is 2.22. The van der Waals surface area contributed by atoms with Crippen LogP contribution in [0.2, 0.25) is 0 Å². The third kappa shape index (κ3) is 4.47. The Labute approximate surface area is 132 Å². The fraction of sp³-hybridized carbons (Fsp3) is 0.562. The molecule has 2 rings (SSSR count). The molecule has 0 saturated carbocycles. The highest BCUT2D eigenvalue weighted by atomic mass is 32.2. The Hall–Kier alpha value is -1.56. The van der Waals surface area contributed by atoms with E-state index in [1.807, 2.05) is 4.90 Å². The molecule has 1 aromatic rings. The van der Waals surface area contributed by atoms with Crippen molar-refractivity contribution in [2.75, 3.05) is 19.3 Å². The molecule has 0 bridgehead atoms. The average molecular weight is 324 g/mol. The van der Waals surface area contributed by atoms with E-state index < -0.39 is 9.84 Å². The van der Waals surface area contributed by atoms with E-state index >= 15 is 0 Å². The van der Waals surface area contributed by atoms with E-state index in [0.29, 0.717) is 23.9 Å². The lowest BCUT2D eigenvalue weighted by atomic mass is 10.0. The minimum Gasteiger partial charge on any atom is -0.338 e. The van der Waals surface area contributed by atoms with Gasteiger partial charge in [-0.1, -0.05) is 12.1 Å². The molecule has 0 radical (unpaired) electrons. The van der Waals surface area contributed by atoms with Crippen molar-refractivity contribution in [3.63, 3.8) is 0 Å². The summed E-state index contributed by atoms with van der Waals surface area (Å²) >= 11 is 0. The molecule has 1 N–H and O–H groups in total. The van der Waals surface area contributed by atoms with Crippen molar-refractivity contribution in [3.8, 4) is 0 Å². The van der Waals surface area contributed by atoms with E-state index in [0.717, 1.165) is 24.9 Å². The van der Waals surface area contributed by atoms with Crippen LogP contribution in [-0.2, 0) is 16.3 Å². The first-order valence-electron chi connectivity index (χ1n) is 7.71. The monoisotopic (exact) mass is 324 g/mol. The first kappa shape index (κ1) is 16.8. The van der Waals surface area contributed by atoms with Gasteiger partial charge in [0.1, 0.15) is 0 Å². The SMILES string of the molecule is CC1CCCCN1C(=O)NCCc1ccc(S(C)(=O)=O)cc1. The van der Waals surface area contributed by atoms with E-state index in [1.54, 1.807) is 24.3 Å². The Balaban J connectivity index is 1.82. The minimum atomic E-state index is -3.15. The molecule has 6 heteroatoms. The summed E-state index contributed by atoms with van der Waals surface area (Å²) in [5, 5.41) is 2.94. The van der Waals surface area contributed by atoms with Gasteiger partial charge in [0.25, 0.3) is 0 Å². The Morgan fingerprint density at radius 3 is 2.55 bits per heavy atom. The van der Waals surface area contributed by atoms with Crippen LogP contribution < -0.4 is 5.32 Å². The van der Waals surface area contributed by atoms with Crippen LogP contribution in [0.15, 0.2) is 29.2 Å². The number of amides is 2. The lowest BCUT2D eigenvalue weighted by Crippen LogP contribution is -2.47. The summed E-state index contributed by atoms with van der Waals surface area (Å²) in [7, 11) is -3.15. The molecule has 1 aliphatic rings. The molecule has 122 valence electrons. The zero-order valence-corrected chi connectivity index (χ0v) is 14.0. The molecule has 1 aromatic carbocycles. The smallest absolute Gasteiger partial charge is 0.317 e. The molecule has 0 aliphatic carbocycles. The molecule has 1 fully saturated rings. The topological polar surface area (TPSA) is 66.5 Å². The second-order valence-electron chi connectivity index (χ2n) is 5.94. The van der Waals surface area contributed by atoms with Crippen molar-refractivity contribution in [2.45, 2.75) is 43.5 Å². The largest absolute Gasteiger partial charge is 0.338 e. The summed E-state index contributed by atoms with van der Waals surface area (Å²) in [4.78, 5) is 14.3. The maximum atomic E-state index is 12.1. The van der Waals surface area contributed by atoms with Crippen molar-refractivity contribution < 1.29 is 13.2 Å². The highest BCUT2D eigenvalue weighted by Crippen LogP contribution is 2.16. The number of rotatable bonds is 4. The first-order valence-corrected chi connectivity index (χ1v) is 9.60. The van der Waals surface area contributed by atoms with Crippen LogP contribution in [0.3, 0.4) is 0 Å². The third-order valence-corrected chi connectivity index (χ3v) is 5.23. The lowest BCUT2D eigenvalue weighted by Gasteiger charge is -2.33. The number of nitrogens with zero attached hydrogens (tertiary/aromatic N) is 1. The Bertz CT molecular complexity index is 611. The van der Waals surface area contributed by atoms with Gasteiger partial charge < -0.3 is 10.2 Å². The molecule has 1 unspecified atom stereocenters. The van der Waals surface area contributed by atoms with Crippen LogP contribution in [0.5, 0.6) is 0 Å². The summed E-state index contributed by atoms with van der Waals surface area (Å²) in [6, 6.07) is 7.12. The summed E-state index contributed by atoms with van der Waals surface area (Å²) in [5.41, 5.74) is 1.01. The van der Waals surface area contributed by atoms with E-state index in [1.165, 1.54) is 12.7 Å². The van der Waals surface area contributed by atoms with Crippen molar-refractivity contribution in [2.24, 2.45) is 0 Å². The van der Waals surface area contributed by atoms with E-state index in [4.69, 9.17) is 0 Å². The maximum Gasteiger partial charge on any atom is 0.317 e. The van der Waals surface area contributed by atoms with Gasteiger partial charge in [-0.3, -0.25) is 0 Å². The van der Waals surface area contributed by atoms with Gasteiger partial charge in [-0.2, -0.15) is 0 Å². The number of likely N-dealkylation sites (tertiary alicyclic amines) is 1.